The van der Waals surface area contributed by atoms with Gasteiger partial charge in [0, 0.05) is 0 Å². The number of quaternary nitrogens is 1. The number of hydrogen-bond donors (Lipinski definition) is 2. The van der Waals surface area contributed by atoms with Gasteiger partial charge in [-0.15, -0.1) is 0 Å². The van der Waals surface area contributed by atoms with Crippen LogP contribution >= 0.6 is 0 Å². The average molecular weight is 273 g/mol. The summed E-state index contributed by atoms with van der Waals surface area (Å²) in [6.07, 6.45) is 7.37. The molecule has 116 valence electrons. The Labute approximate surface area is 120 Å². The molecule has 0 bridgehead atoms. The lowest BCUT2D eigenvalue weighted by Gasteiger charge is -2.25. The Hall–Kier alpha value is -0.160. The van der Waals surface area contributed by atoms with Crippen LogP contribution in [0.15, 0.2) is 0 Å². The van der Waals surface area contributed by atoms with Crippen molar-refractivity contribution in [3.05, 3.63) is 0 Å². The van der Waals surface area contributed by atoms with Crippen molar-refractivity contribution in [2.75, 3.05) is 60.4 Å². The second-order valence-corrected chi connectivity index (χ2v) is 6.55. The van der Waals surface area contributed by atoms with E-state index in [1.807, 2.05) is 0 Å². The van der Waals surface area contributed by atoms with Crippen LogP contribution in [0, 0.1) is 0 Å². The van der Waals surface area contributed by atoms with Crippen LogP contribution in [0.1, 0.15) is 38.5 Å². The zero-order chi connectivity index (χ0) is 14.6. The van der Waals surface area contributed by atoms with E-state index in [-0.39, 0.29) is 0 Å². The second kappa shape index (κ2) is 11.6. The molecule has 0 fully saturated rings. The molecule has 0 radical (unpaired) electrons. The molecule has 19 heavy (non-hydrogen) atoms. The Balaban J connectivity index is 3.76. The summed E-state index contributed by atoms with van der Waals surface area (Å²) >= 11 is 0. The Kier molecular flexibility index (Phi) is 11.6. The van der Waals surface area contributed by atoms with Crippen molar-refractivity contribution in [1.82, 2.24) is 4.90 Å². The molecule has 0 saturated heterocycles. The van der Waals surface area contributed by atoms with Gasteiger partial charge >= 0.3 is 0 Å². The fourth-order valence-corrected chi connectivity index (χ4v) is 2.22. The Morgan fingerprint density at radius 1 is 0.684 bits per heavy atom. The minimum atomic E-state index is 0.818. The third-order valence-electron chi connectivity index (χ3n) is 3.41. The highest BCUT2D eigenvalue weighted by molar-refractivity contribution is 4.59. The molecular formula is C15H37N4+. The maximum atomic E-state index is 5.57. The van der Waals surface area contributed by atoms with Gasteiger partial charge in [-0.3, -0.25) is 0 Å². The number of nitrogens with zero attached hydrogens (tertiary/aromatic N) is 2. The molecule has 0 aromatic carbocycles. The lowest BCUT2D eigenvalue weighted by Crippen LogP contribution is -2.36. The molecule has 0 aliphatic rings. The summed E-state index contributed by atoms with van der Waals surface area (Å²) in [5.41, 5.74) is 11.1. The average Bonchev–Trinajstić information content (AvgIpc) is 2.33. The van der Waals surface area contributed by atoms with Crippen LogP contribution in [-0.4, -0.2) is 69.8 Å². The highest BCUT2D eigenvalue weighted by atomic mass is 15.3. The molecule has 0 rings (SSSR count). The molecule has 0 aliphatic carbocycles. The zero-order valence-corrected chi connectivity index (χ0v) is 13.5. The van der Waals surface area contributed by atoms with E-state index in [1.165, 1.54) is 51.9 Å². The van der Waals surface area contributed by atoms with Gasteiger partial charge in [0.2, 0.25) is 0 Å². The molecule has 0 aromatic rings. The molecule has 0 saturated carbocycles. The van der Waals surface area contributed by atoms with Crippen LogP contribution in [0.5, 0.6) is 0 Å². The molecule has 0 aromatic heterocycles. The standard InChI is InChI=1S/C15H37N4/c1-19(2,3)15-9-8-14-18(12-6-4-10-16)13-7-5-11-17/h4-17H2,1-3H3/q+1. The summed E-state index contributed by atoms with van der Waals surface area (Å²) in [5, 5.41) is 0. The molecule has 4 heteroatoms. The van der Waals surface area contributed by atoms with E-state index in [4.69, 9.17) is 11.5 Å². The number of rotatable bonds is 13. The third-order valence-corrected chi connectivity index (χ3v) is 3.41. The Bertz CT molecular complexity index is 179. The van der Waals surface area contributed by atoms with Crippen molar-refractivity contribution < 1.29 is 4.48 Å². The highest BCUT2D eigenvalue weighted by Gasteiger charge is 2.08. The van der Waals surface area contributed by atoms with Gasteiger partial charge in [0.15, 0.2) is 0 Å². The van der Waals surface area contributed by atoms with Gasteiger partial charge in [-0.1, -0.05) is 0 Å². The molecule has 0 spiro atoms. The van der Waals surface area contributed by atoms with Gasteiger partial charge in [0.1, 0.15) is 0 Å². The predicted octanol–water partition coefficient (Wildman–Crippen LogP) is 1.25. The van der Waals surface area contributed by atoms with Crippen LogP contribution in [0.25, 0.3) is 0 Å². The molecule has 0 amide bonds. The maximum Gasteiger partial charge on any atom is 0.0780 e. The van der Waals surface area contributed by atoms with Crippen LogP contribution < -0.4 is 11.5 Å². The SMILES string of the molecule is C[N+](C)(C)CCCCN(CCCCN)CCCCN. The lowest BCUT2D eigenvalue weighted by atomic mass is 10.2. The summed E-state index contributed by atoms with van der Waals surface area (Å²) in [7, 11) is 6.79. The normalized spacial score (nSPS) is 12.3. The van der Waals surface area contributed by atoms with E-state index in [0.717, 1.165) is 30.4 Å². The van der Waals surface area contributed by atoms with E-state index in [1.54, 1.807) is 0 Å². The highest BCUT2D eigenvalue weighted by Crippen LogP contribution is 2.03. The number of unbranched alkanes of at least 4 members (excludes halogenated alkanes) is 3. The van der Waals surface area contributed by atoms with Crippen molar-refractivity contribution in [3.63, 3.8) is 0 Å². The van der Waals surface area contributed by atoms with Crippen molar-refractivity contribution in [2.45, 2.75) is 38.5 Å². The van der Waals surface area contributed by atoms with Crippen molar-refractivity contribution in [1.29, 1.82) is 0 Å². The smallest absolute Gasteiger partial charge is 0.0780 e. The molecule has 0 heterocycles. The topological polar surface area (TPSA) is 55.3 Å². The molecule has 0 aliphatic heterocycles. The first kappa shape index (κ1) is 18.8. The van der Waals surface area contributed by atoms with E-state index in [2.05, 4.69) is 26.0 Å². The first-order chi connectivity index (χ1) is 8.99. The summed E-state index contributed by atoms with van der Waals surface area (Å²) in [6.45, 7) is 6.53. The Morgan fingerprint density at radius 3 is 1.47 bits per heavy atom. The van der Waals surface area contributed by atoms with E-state index >= 15 is 0 Å². The van der Waals surface area contributed by atoms with Gasteiger partial charge in [0.05, 0.1) is 27.7 Å². The van der Waals surface area contributed by atoms with Crippen LogP contribution in [0.2, 0.25) is 0 Å². The van der Waals surface area contributed by atoms with Gasteiger partial charge < -0.3 is 20.9 Å². The van der Waals surface area contributed by atoms with Crippen LogP contribution in [0.4, 0.5) is 0 Å². The minimum absolute atomic E-state index is 0.818. The summed E-state index contributed by atoms with van der Waals surface area (Å²) in [6, 6.07) is 0. The summed E-state index contributed by atoms with van der Waals surface area (Å²) < 4.78 is 1.07. The first-order valence-corrected chi connectivity index (χ1v) is 7.92. The van der Waals surface area contributed by atoms with Gasteiger partial charge in [-0.05, 0) is 71.2 Å². The summed E-state index contributed by atoms with van der Waals surface area (Å²) in [4.78, 5) is 2.60. The minimum Gasteiger partial charge on any atom is -0.331 e. The third kappa shape index (κ3) is 14.1. The van der Waals surface area contributed by atoms with Crippen molar-refractivity contribution in [3.8, 4) is 0 Å². The number of nitrogens with two attached hydrogens (primary N) is 2. The van der Waals surface area contributed by atoms with E-state index in [9.17, 15) is 0 Å². The Morgan fingerprint density at radius 2 is 1.11 bits per heavy atom. The molecular weight excluding hydrogens is 236 g/mol. The maximum absolute atomic E-state index is 5.57. The van der Waals surface area contributed by atoms with Gasteiger partial charge in [-0.25, -0.2) is 0 Å². The monoisotopic (exact) mass is 273 g/mol. The van der Waals surface area contributed by atoms with Crippen LogP contribution in [-0.2, 0) is 0 Å². The predicted molar refractivity (Wildman–Crippen MR) is 85.2 cm³/mol. The first-order valence-electron chi connectivity index (χ1n) is 7.92. The summed E-state index contributed by atoms with van der Waals surface area (Å²) in [5.74, 6) is 0. The molecule has 0 unspecified atom stereocenters. The lowest BCUT2D eigenvalue weighted by molar-refractivity contribution is -0.870. The largest absolute Gasteiger partial charge is 0.331 e. The fourth-order valence-electron chi connectivity index (χ4n) is 2.22. The van der Waals surface area contributed by atoms with Crippen molar-refractivity contribution >= 4 is 0 Å². The van der Waals surface area contributed by atoms with Crippen LogP contribution in [0.3, 0.4) is 0 Å². The molecule has 0 atom stereocenters. The molecule has 4 N–H and O–H groups in total. The molecule has 4 nitrogen and oxygen atoms in total. The quantitative estimate of drug-likeness (QED) is 0.392. The van der Waals surface area contributed by atoms with Gasteiger partial charge in [0.25, 0.3) is 0 Å². The van der Waals surface area contributed by atoms with Crippen molar-refractivity contribution in [2.24, 2.45) is 11.5 Å². The second-order valence-electron chi connectivity index (χ2n) is 6.55. The van der Waals surface area contributed by atoms with Gasteiger partial charge in [-0.2, -0.15) is 0 Å². The zero-order valence-electron chi connectivity index (χ0n) is 13.5. The van der Waals surface area contributed by atoms with E-state index in [0.29, 0.717) is 0 Å². The number of hydrogen-bond acceptors (Lipinski definition) is 3. The fraction of sp³-hybridized carbons (Fsp3) is 1.00. The van der Waals surface area contributed by atoms with E-state index < -0.39 is 0 Å².